The van der Waals surface area contributed by atoms with Crippen LogP contribution in [0.4, 0.5) is 0 Å². The molecule has 1 aliphatic rings. The van der Waals surface area contributed by atoms with Crippen molar-refractivity contribution in [2.45, 2.75) is 25.9 Å². The second-order valence-electron chi connectivity index (χ2n) is 3.33. The predicted molar refractivity (Wildman–Crippen MR) is 48.7 cm³/mol. The summed E-state index contributed by atoms with van der Waals surface area (Å²) in [5.41, 5.74) is -1.55. The van der Waals surface area contributed by atoms with Gasteiger partial charge in [0, 0.05) is 13.0 Å². The number of aliphatic carboxylic acids is 1. The molecule has 15 heavy (non-hydrogen) atoms. The van der Waals surface area contributed by atoms with Crippen LogP contribution < -0.4 is 11.1 Å². The molecule has 80 valence electrons. The number of hydrogen-bond acceptors (Lipinski definition) is 4. The fraction of sp³-hybridized carbons (Fsp3) is 0.500. The molecule has 0 bridgehead atoms. The van der Waals surface area contributed by atoms with Crippen molar-refractivity contribution in [3.8, 4) is 0 Å². The zero-order valence-corrected chi connectivity index (χ0v) is 7.84. The van der Waals surface area contributed by atoms with Crippen molar-refractivity contribution in [3.05, 3.63) is 26.5 Å². The van der Waals surface area contributed by atoms with Crippen LogP contribution >= 0.6 is 0 Å². The first kappa shape index (κ1) is 9.63. The van der Waals surface area contributed by atoms with Crippen molar-refractivity contribution >= 4 is 5.97 Å². The van der Waals surface area contributed by atoms with Crippen LogP contribution in [0.3, 0.4) is 0 Å². The van der Waals surface area contributed by atoms with E-state index in [-0.39, 0.29) is 0 Å². The average Bonchev–Trinajstić information content (AvgIpc) is 2.61. The summed E-state index contributed by atoms with van der Waals surface area (Å²) in [6.07, 6.45) is 1.37. The molecule has 2 heterocycles. The third-order valence-electron chi connectivity index (χ3n) is 2.28. The summed E-state index contributed by atoms with van der Waals surface area (Å²) in [6.45, 7) is -0.0772. The van der Waals surface area contributed by atoms with E-state index in [2.05, 4.69) is 5.10 Å². The first-order valence-corrected chi connectivity index (χ1v) is 4.52. The monoisotopic (exact) mass is 211 g/mol. The van der Waals surface area contributed by atoms with E-state index in [0.717, 1.165) is 6.42 Å². The molecular formula is C8H9N3O4. The Balaban J connectivity index is 2.59. The van der Waals surface area contributed by atoms with Crippen LogP contribution in [0.2, 0.25) is 0 Å². The molecule has 1 aromatic heterocycles. The second-order valence-corrected chi connectivity index (χ2v) is 3.33. The van der Waals surface area contributed by atoms with Crippen LogP contribution in [-0.4, -0.2) is 25.4 Å². The van der Waals surface area contributed by atoms with Gasteiger partial charge in [-0.05, 0) is 6.42 Å². The SMILES string of the molecule is O=C(O)Cn1nc2n(c(=O)c1=O)CCC2. The molecule has 0 saturated carbocycles. The van der Waals surface area contributed by atoms with E-state index >= 15 is 0 Å². The molecule has 7 heteroatoms. The molecule has 0 aromatic carbocycles. The largest absolute Gasteiger partial charge is 0.480 e. The molecule has 1 aliphatic heterocycles. The van der Waals surface area contributed by atoms with Gasteiger partial charge >= 0.3 is 17.1 Å². The summed E-state index contributed by atoms with van der Waals surface area (Å²) in [7, 11) is 0. The number of nitrogens with zero attached hydrogens (tertiary/aromatic N) is 3. The van der Waals surface area contributed by atoms with E-state index in [1.54, 1.807) is 0 Å². The van der Waals surface area contributed by atoms with Crippen molar-refractivity contribution < 1.29 is 9.90 Å². The molecule has 0 spiro atoms. The van der Waals surface area contributed by atoms with Gasteiger partial charge < -0.3 is 5.11 Å². The van der Waals surface area contributed by atoms with Gasteiger partial charge in [-0.15, -0.1) is 0 Å². The van der Waals surface area contributed by atoms with E-state index in [1.165, 1.54) is 4.57 Å². The van der Waals surface area contributed by atoms with E-state index in [1.807, 2.05) is 0 Å². The third-order valence-corrected chi connectivity index (χ3v) is 2.28. The van der Waals surface area contributed by atoms with Crippen molar-refractivity contribution in [1.82, 2.24) is 14.3 Å². The Hall–Kier alpha value is -1.92. The molecule has 0 aliphatic carbocycles. The van der Waals surface area contributed by atoms with Crippen LogP contribution in [0.5, 0.6) is 0 Å². The first-order valence-electron chi connectivity index (χ1n) is 4.52. The molecule has 0 atom stereocenters. The standard InChI is InChI=1S/C8H9N3O4/c12-6(13)4-11-8(15)7(14)10-3-1-2-5(10)9-11/h1-4H2,(H,12,13). The molecular weight excluding hydrogens is 202 g/mol. The normalized spacial score (nSPS) is 13.9. The highest BCUT2D eigenvalue weighted by Crippen LogP contribution is 2.05. The van der Waals surface area contributed by atoms with Gasteiger partial charge in [0.2, 0.25) is 0 Å². The van der Waals surface area contributed by atoms with Gasteiger partial charge in [-0.1, -0.05) is 0 Å². The Kier molecular flexibility index (Phi) is 2.14. The Bertz CT molecular complexity index is 528. The van der Waals surface area contributed by atoms with Crippen molar-refractivity contribution in [2.75, 3.05) is 0 Å². The maximum absolute atomic E-state index is 11.5. The highest BCUT2D eigenvalue weighted by Gasteiger charge is 2.18. The van der Waals surface area contributed by atoms with Crippen LogP contribution in [0.25, 0.3) is 0 Å². The number of fused-ring (bicyclic) bond motifs is 1. The fourth-order valence-electron chi connectivity index (χ4n) is 1.63. The Morgan fingerprint density at radius 1 is 1.40 bits per heavy atom. The molecule has 0 amide bonds. The number of hydrogen-bond donors (Lipinski definition) is 1. The number of carbonyl (C=O) groups is 1. The lowest BCUT2D eigenvalue weighted by molar-refractivity contribution is -0.138. The molecule has 0 radical (unpaired) electrons. The Morgan fingerprint density at radius 3 is 2.80 bits per heavy atom. The number of rotatable bonds is 2. The minimum absolute atomic E-state index is 0.487. The lowest BCUT2D eigenvalue weighted by atomic mass is 10.4. The predicted octanol–water partition coefficient (Wildman–Crippen LogP) is -1.56. The minimum Gasteiger partial charge on any atom is -0.480 e. The van der Waals surface area contributed by atoms with Crippen molar-refractivity contribution in [2.24, 2.45) is 0 Å². The maximum atomic E-state index is 11.5. The van der Waals surface area contributed by atoms with Gasteiger partial charge in [-0.2, -0.15) is 5.10 Å². The number of aromatic nitrogens is 3. The third kappa shape index (κ3) is 1.56. The minimum atomic E-state index is -1.19. The smallest absolute Gasteiger partial charge is 0.333 e. The lowest BCUT2D eigenvalue weighted by Gasteiger charge is -2.04. The number of carboxylic acids is 1. The van der Waals surface area contributed by atoms with E-state index in [4.69, 9.17) is 5.11 Å². The van der Waals surface area contributed by atoms with Gasteiger partial charge in [-0.3, -0.25) is 19.0 Å². The molecule has 7 nitrogen and oxygen atoms in total. The number of aryl methyl sites for hydroxylation is 1. The summed E-state index contributed by atoms with van der Waals surface area (Å²) in [5.74, 6) is -0.701. The molecule has 0 unspecified atom stereocenters. The molecule has 0 saturated heterocycles. The van der Waals surface area contributed by atoms with Crippen molar-refractivity contribution in [3.63, 3.8) is 0 Å². The van der Waals surface area contributed by atoms with Crippen LogP contribution in [0.1, 0.15) is 12.2 Å². The zero-order chi connectivity index (χ0) is 11.0. The average molecular weight is 211 g/mol. The molecule has 2 rings (SSSR count). The highest BCUT2D eigenvalue weighted by atomic mass is 16.4. The first-order chi connectivity index (χ1) is 7.09. The lowest BCUT2D eigenvalue weighted by Crippen LogP contribution is -2.44. The van der Waals surface area contributed by atoms with Gasteiger partial charge in [0.15, 0.2) is 0 Å². The number of carboxylic acid groups (broad SMARTS) is 1. The van der Waals surface area contributed by atoms with Crippen molar-refractivity contribution in [1.29, 1.82) is 0 Å². The summed E-state index contributed by atoms with van der Waals surface area (Å²) in [6, 6.07) is 0. The van der Waals surface area contributed by atoms with Gasteiger partial charge in [0.25, 0.3) is 0 Å². The second kappa shape index (κ2) is 3.34. The summed E-state index contributed by atoms with van der Waals surface area (Å²) in [5, 5.41) is 12.4. The Morgan fingerprint density at radius 2 is 2.13 bits per heavy atom. The highest BCUT2D eigenvalue weighted by molar-refractivity contribution is 5.66. The van der Waals surface area contributed by atoms with Crippen LogP contribution in [-0.2, 0) is 24.3 Å². The Labute approximate surface area is 83.6 Å². The van der Waals surface area contributed by atoms with Gasteiger partial charge in [-0.25, -0.2) is 4.68 Å². The van der Waals surface area contributed by atoms with Gasteiger partial charge in [0.05, 0.1) is 0 Å². The van der Waals surface area contributed by atoms with Crippen LogP contribution in [0.15, 0.2) is 9.59 Å². The zero-order valence-electron chi connectivity index (χ0n) is 7.84. The van der Waals surface area contributed by atoms with E-state index in [9.17, 15) is 14.4 Å². The molecule has 0 fully saturated rings. The maximum Gasteiger partial charge on any atom is 0.333 e. The summed E-state index contributed by atoms with van der Waals surface area (Å²) >= 11 is 0. The van der Waals surface area contributed by atoms with Crippen LogP contribution in [0, 0.1) is 0 Å². The van der Waals surface area contributed by atoms with Gasteiger partial charge in [0.1, 0.15) is 12.4 Å². The summed E-state index contributed by atoms with van der Waals surface area (Å²) < 4.78 is 2.02. The topological polar surface area (TPSA) is 94.2 Å². The molecule has 1 aromatic rings. The van der Waals surface area contributed by atoms with E-state index < -0.39 is 23.6 Å². The van der Waals surface area contributed by atoms with E-state index in [0.29, 0.717) is 23.5 Å². The fourth-order valence-corrected chi connectivity index (χ4v) is 1.63. The molecule has 1 N–H and O–H groups in total. The summed E-state index contributed by atoms with van der Waals surface area (Å²) in [4.78, 5) is 33.3. The quantitative estimate of drug-likeness (QED) is 0.597.